The van der Waals surface area contributed by atoms with Gasteiger partial charge in [0.2, 0.25) is 5.95 Å². The highest BCUT2D eigenvalue weighted by Gasteiger charge is 2.18. The summed E-state index contributed by atoms with van der Waals surface area (Å²) >= 11 is 0. The van der Waals surface area contributed by atoms with Crippen molar-refractivity contribution in [3.05, 3.63) is 28.7 Å². The first-order valence-corrected chi connectivity index (χ1v) is 8.87. The van der Waals surface area contributed by atoms with E-state index < -0.39 is 0 Å². The molecule has 25 heavy (non-hydrogen) atoms. The Balaban J connectivity index is 1.54. The predicted molar refractivity (Wildman–Crippen MR) is 94.9 cm³/mol. The van der Waals surface area contributed by atoms with E-state index >= 15 is 0 Å². The van der Waals surface area contributed by atoms with E-state index in [1.165, 1.54) is 12.8 Å². The van der Waals surface area contributed by atoms with Crippen LogP contribution in [0.15, 0.2) is 0 Å². The number of nitrogens with zero attached hydrogens (tertiary/aromatic N) is 8. The van der Waals surface area contributed by atoms with Gasteiger partial charge < -0.3 is 4.90 Å². The monoisotopic (exact) mass is 340 g/mol. The molecule has 0 aliphatic carbocycles. The van der Waals surface area contributed by atoms with Crippen LogP contribution in [-0.4, -0.2) is 47.4 Å². The number of aryl methyl sites for hydroxylation is 6. The molecule has 1 aliphatic rings. The Kier molecular flexibility index (Phi) is 3.89. The van der Waals surface area contributed by atoms with Gasteiger partial charge in [-0.1, -0.05) is 0 Å². The van der Waals surface area contributed by atoms with Crippen LogP contribution < -0.4 is 4.90 Å². The molecule has 8 nitrogen and oxygen atoms in total. The van der Waals surface area contributed by atoms with E-state index in [1.807, 2.05) is 37.0 Å². The van der Waals surface area contributed by atoms with Crippen LogP contribution in [0.4, 0.5) is 5.95 Å². The van der Waals surface area contributed by atoms with Gasteiger partial charge in [0.1, 0.15) is 5.82 Å². The topological polar surface area (TPSA) is 77.0 Å². The Labute approximate surface area is 146 Å². The Hall–Kier alpha value is -2.51. The summed E-state index contributed by atoms with van der Waals surface area (Å²) in [5.41, 5.74) is 3.78. The molecule has 0 N–H and O–H groups in total. The van der Waals surface area contributed by atoms with Crippen molar-refractivity contribution in [1.82, 2.24) is 34.3 Å². The zero-order valence-electron chi connectivity index (χ0n) is 15.3. The van der Waals surface area contributed by atoms with Crippen molar-refractivity contribution in [1.29, 1.82) is 0 Å². The SMILES string of the molecule is Cc1nc(C)c2nc(CCc3nc(N4CCCC4)nn3C)nn2c1C. The largest absolute Gasteiger partial charge is 0.340 e. The van der Waals surface area contributed by atoms with Gasteiger partial charge in [-0.15, -0.1) is 5.10 Å². The predicted octanol–water partition coefficient (Wildman–Crippen LogP) is 1.56. The Morgan fingerprint density at radius 2 is 1.64 bits per heavy atom. The first kappa shape index (κ1) is 16.0. The molecule has 3 aromatic heterocycles. The third-order valence-corrected chi connectivity index (χ3v) is 4.95. The Bertz CT molecular complexity index is 917. The fourth-order valence-corrected chi connectivity index (χ4v) is 3.36. The van der Waals surface area contributed by atoms with Gasteiger partial charge in [0.25, 0.3) is 0 Å². The molecule has 0 amide bonds. The molecule has 132 valence electrons. The van der Waals surface area contributed by atoms with Crippen molar-refractivity contribution in [2.45, 2.75) is 46.5 Å². The van der Waals surface area contributed by atoms with E-state index in [-0.39, 0.29) is 0 Å². The maximum atomic E-state index is 4.71. The first-order valence-electron chi connectivity index (χ1n) is 8.87. The molecule has 0 bridgehead atoms. The summed E-state index contributed by atoms with van der Waals surface area (Å²) in [6.07, 6.45) is 3.97. The van der Waals surface area contributed by atoms with Gasteiger partial charge in [-0.25, -0.2) is 9.50 Å². The van der Waals surface area contributed by atoms with Crippen LogP contribution in [-0.2, 0) is 19.9 Å². The van der Waals surface area contributed by atoms with Crippen molar-refractivity contribution in [3.63, 3.8) is 0 Å². The van der Waals surface area contributed by atoms with Crippen LogP contribution in [0.2, 0.25) is 0 Å². The van der Waals surface area contributed by atoms with E-state index in [9.17, 15) is 0 Å². The highest BCUT2D eigenvalue weighted by molar-refractivity contribution is 5.44. The van der Waals surface area contributed by atoms with E-state index in [1.54, 1.807) is 0 Å². The van der Waals surface area contributed by atoms with Gasteiger partial charge in [0.15, 0.2) is 11.5 Å². The average Bonchev–Trinajstić information content (AvgIpc) is 3.30. The van der Waals surface area contributed by atoms with Gasteiger partial charge in [-0.2, -0.15) is 10.1 Å². The summed E-state index contributed by atoms with van der Waals surface area (Å²) in [6.45, 7) is 8.12. The second-order valence-corrected chi connectivity index (χ2v) is 6.78. The third-order valence-electron chi connectivity index (χ3n) is 4.95. The molecule has 1 aliphatic heterocycles. The van der Waals surface area contributed by atoms with Gasteiger partial charge in [0, 0.05) is 33.0 Å². The molecule has 1 saturated heterocycles. The molecule has 0 radical (unpaired) electrons. The Morgan fingerprint density at radius 3 is 2.40 bits per heavy atom. The minimum atomic E-state index is 0.742. The molecule has 0 spiro atoms. The third kappa shape index (κ3) is 2.85. The summed E-state index contributed by atoms with van der Waals surface area (Å²) < 4.78 is 3.78. The molecule has 1 fully saturated rings. The number of rotatable bonds is 4. The fraction of sp³-hybridized carbons (Fsp3) is 0.588. The molecule has 4 rings (SSSR count). The number of hydrogen-bond donors (Lipinski definition) is 0. The second kappa shape index (κ2) is 6.09. The molecule has 0 unspecified atom stereocenters. The van der Waals surface area contributed by atoms with E-state index in [0.717, 1.165) is 66.3 Å². The number of anilines is 1. The van der Waals surface area contributed by atoms with Crippen LogP contribution in [0.5, 0.6) is 0 Å². The minimum absolute atomic E-state index is 0.742. The van der Waals surface area contributed by atoms with Gasteiger partial charge in [-0.05, 0) is 33.6 Å². The zero-order chi connectivity index (χ0) is 17.6. The maximum Gasteiger partial charge on any atom is 0.244 e. The molecular formula is C17H24N8. The smallest absolute Gasteiger partial charge is 0.244 e. The summed E-state index contributed by atoms with van der Waals surface area (Å²) in [5, 5.41) is 9.22. The van der Waals surface area contributed by atoms with Crippen LogP contribution in [0.3, 0.4) is 0 Å². The van der Waals surface area contributed by atoms with Crippen LogP contribution >= 0.6 is 0 Å². The molecule has 0 atom stereocenters. The number of fused-ring (bicyclic) bond motifs is 1. The summed E-state index contributed by atoms with van der Waals surface area (Å²) in [4.78, 5) is 16.2. The van der Waals surface area contributed by atoms with Crippen molar-refractivity contribution >= 4 is 11.6 Å². The Morgan fingerprint density at radius 1 is 0.880 bits per heavy atom. The van der Waals surface area contributed by atoms with Crippen LogP contribution in [0.1, 0.15) is 41.6 Å². The van der Waals surface area contributed by atoms with Crippen molar-refractivity contribution in [2.24, 2.45) is 7.05 Å². The van der Waals surface area contributed by atoms with Crippen molar-refractivity contribution < 1.29 is 0 Å². The molecule has 4 heterocycles. The fourth-order valence-electron chi connectivity index (χ4n) is 3.36. The van der Waals surface area contributed by atoms with Gasteiger partial charge in [-0.3, -0.25) is 9.67 Å². The van der Waals surface area contributed by atoms with Crippen LogP contribution in [0, 0.1) is 20.8 Å². The summed E-state index contributed by atoms with van der Waals surface area (Å²) in [7, 11) is 1.96. The molecular weight excluding hydrogens is 316 g/mol. The second-order valence-electron chi connectivity index (χ2n) is 6.78. The quantitative estimate of drug-likeness (QED) is 0.717. The van der Waals surface area contributed by atoms with E-state index in [0.29, 0.717) is 0 Å². The van der Waals surface area contributed by atoms with Crippen LogP contribution in [0.25, 0.3) is 5.65 Å². The summed E-state index contributed by atoms with van der Waals surface area (Å²) in [6, 6.07) is 0. The number of aromatic nitrogens is 7. The highest BCUT2D eigenvalue weighted by atomic mass is 15.4. The first-order chi connectivity index (χ1) is 12.0. The van der Waals surface area contributed by atoms with Crippen molar-refractivity contribution in [2.75, 3.05) is 18.0 Å². The maximum absolute atomic E-state index is 4.71. The zero-order valence-corrected chi connectivity index (χ0v) is 15.3. The number of hydrogen-bond acceptors (Lipinski definition) is 6. The van der Waals surface area contributed by atoms with Crippen molar-refractivity contribution in [3.8, 4) is 0 Å². The molecule has 0 saturated carbocycles. The highest BCUT2D eigenvalue weighted by Crippen LogP contribution is 2.17. The normalized spacial score (nSPS) is 14.8. The van der Waals surface area contributed by atoms with Gasteiger partial charge in [0.05, 0.1) is 17.1 Å². The lowest BCUT2D eigenvalue weighted by atomic mass is 10.3. The molecule has 8 heteroatoms. The summed E-state index contributed by atoms with van der Waals surface area (Å²) in [5.74, 6) is 2.65. The lowest BCUT2D eigenvalue weighted by Gasteiger charge is -2.10. The lowest BCUT2D eigenvalue weighted by Crippen LogP contribution is -2.19. The molecule has 3 aromatic rings. The van der Waals surface area contributed by atoms with Gasteiger partial charge >= 0.3 is 0 Å². The lowest BCUT2D eigenvalue weighted by molar-refractivity contribution is 0.680. The minimum Gasteiger partial charge on any atom is -0.340 e. The van der Waals surface area contributed by atoms with E-state index in [4.69, 9.17) is 4.98 Å². The standard InChI is InChI=1S/C17H24N8/c1-11-13(3)25-16(12(2)18-11)19-14(21-25)7-8-15-20-17(22-23(15)4)24-9-5-6-10-24/h5-10H2,1-4H3. The molecule has 0 aromatic carbocycles. The average molecular weight is 340 g/mol. The van der Waals surface area contributed by atoms with E-state index in [2.05, 4.69) is 25.1 Å².